The Morgan fingerprint density at radius 3 is 2.72 bits per heavy atom. The van der Waals surface area contributed by atoms with Crippen LogP contribution in [0.2, 0.25) is 0 Å². The van der Waals surface area contributed by atoms with E-state index in [1.807, 2.05) is 0 Å². The first-order valence-corrected chi connectivity index (χ1v) is 8.18. The Labute approximate surface area is 119 Å². The molecule has 0 bridgehead atoms. The van der Waals surface area contributed by atoms with Gasteiger partial charge in [0, 0.05) is 31.5 Å². The zero-order chi connectivity index (χ0) is 13.0. The van der Waals surface area contributed by atoms with E-state index in [9.17, 15) is 0 Å². The van der Waals surface area contributed by atoms with Gasteiger partial charge in [0.2, 0.25) is 0 Å². The summed E-state index contributed by atoms with van der Waals surface area (Å²) in [6.07, 6.45) is 6.55. The molecule has 1 aromatic rings. The Morgan fingerprint density at radius 2 is 2.17 bits per heavy atom. The highest BCUT2D eigenvalue weighted by Crippen LogP contribution is 2.25. The Hall–Kier alpha value is -0.350. The normalized spacial score (nSPS) is 16.9. The highest BCUT2D eigenvalue weighted by molar-refractivity contribution is 9.09. The first-order chi connectivity index (χ1) is 8.74. The molecule has 102 valence electrons. The molecule has 3 nitrogen and oxygen atoms in total. The van der Waals surface area contributed by atoms with Gasteiger partial charge in [-0.05, 0) is 25.3 Å². The topological polar surface area (TPSA) is 21.1 Å². The van der Waals surface area contributed by atoms with Crippen molar-refractivity contribution < 1.29 is 0 Å². The molecule has 0 saturated heterocycles. The zero-order valence-corrected chi connectivity index (χ0v) is 13.1. The second kappa shape index (κ2) is 6.71. The lowest BCUT2D eigenvalue weighted by Gasteiger charge is -2.27. The lowest BCUT2D eigenvalue weighted by Crippen LogP contribution is -2.34. The van der Waals surface area contributed by atoms with Crippen LogP contribution in [0.15, 0.2) is 6.07 Å². The molecule has 1 saturated carbocycles. The summed E-state index contributed by atoms with van der Waals surface area (Å²) in [4.78, 5) is 2.62. The molecule has 1 fully saturated rings. The van der Waals surface area contributed by atoms with Gasteiger partial charge in [-0.25, -0.2) is 0 Å². The van der Waals surface area contributed by atoms with Crippen LogP contribution in [0.4, 0.5) is 0 Å². The molecule has 0 aliphatic heterocycles. The van der Waals surface area contributed by atoms with Gasteiger partial charge in [0.15, 0.2) is 0 Å². The van der Waals surface area contributed by atoms with Gasteiger partial charge in [-0.1, -0.05) is 35.7 Å². The highest BCUT2D eigenvalue weighted by Gasteiger charge is 2.23. The third-order valence-corrected chi connectivity index (χ3v) is 4.32. The van der Waals surface area contributed by atoms with Crippen LogP contribution >= 0.6 is 15.9 Å². The van der Waals surface area contributed by atoms with E-state index in [0.717, 1.165) is 30.9 Å². The van der Waals surface area contributed by atoms with E-state index in [4.69, 9.17) is 0 Å². The number of aromatic nitrogens is 2. The number of rotatable bonds is 6. The average molecular weight is 314 g/mol. The van der Waals surface area contributed by atoms with Gasteiger partial charge >= 0.3 is 0 Å². The molecule has 2 rings (SSSR count). The molecular formula is C14H24BrN3. The summed E-state index contributed by atoms with van der Waals surface area (Å²) in [5, 5.41) is 5.60. The number of aryl methyl sites for hydroxylation is 2. The first kappa shape index (κ1) is 14.1. The molecule has 0 radical (unpaired) electrons. The molecule has 4 heteroatoms. The Bertz CT molecular complexity index is 369. The molecule has 1 aliphatic carbocycles. The SMILES string of the molecule is CCc1cc(CN(CCBr)C2CCCC2)n(C)n1. The van der Waals surface area contributed by atoms with Crippen molar-refractivity contribution in [2.75, 3.05) is 11.9 Å². The van der Waals surface area contributed by atoms with E-state index >= 15 is 0 Å². The van der Waals surface area contributed by atoms with Crippen LogP contribution in [0.1, 0.15) is 44.0 Å². The maximum atomic E-state index is 4.55. The van der Waals surface area contributed by atoms with Crippen LogP contribution in [-0.2, 0) is 20.0 Å². The van der Waals surface area contributed by atoms with Gasteiger partial charge in [-0.3, -0.25) is 9.58 Å². The Kier molecular flexibility index (Phi) is 5.25. The van der Waals surface area contributed by atoms with Crippen LogP contribution in [0, 0.1) is 0 Å². The molecule has 0 atom stereocenters. The lowest BCUT2D eigenvalue weighted by atomic mass is 10.2. The number of nitrogens with zero attached hydrogens (tertiary/aromatic N) is 3. The van der Waals surface area contributed by atoms with Crippen LogP contribution in [0.25, 0.3) is 0 Å². The molecule has 1 aliphatic rings. The third-order valence-electron chi connectivity index (χ3n) is 3.97. The predicted molar refractivity (Wildman–Crippen MR) is 79.0 cm³/mol. The van der Waals surface area contributed by atoms with E-state index in [1.165, 1.54) is 37.1 Å². The van der Waals surface area contributed by atoms with Crippen LogP contribution in [0.5, 0.6) is 0 Å². The maximum Gasteiger partial charge on any atom is 0.0625 e. The van der Waals surface area contributed by atoms with E-state index in [2.05, 4.69) is 50.6 Å². The number of hydrogen-bond acceptors (Lipinski definition) is 2. The molecular weight excluding hydrogens is 290 g/mol. The molecule has 0 unspecified atom stereocenters. The minimum absolute atomic E-state index is 0.780. The van der Waals surface area contributed by atoms with Crippen LogP contribution < -0.4 is 0 Å². The maximum absolute atomic E-state index is 4.55. The molecule has 0 N–H and O–H groups in total. The van der Waals surface area contributed by atoms with Gasteiger partial charge in [0.05, 0.1) is 11.4 Å². The van der Waals surface area contributed by atoms with Gasteiger partial charge < -0.3 is 0 Å². The first-order valence-electron chi connectivity index (χ1n) is 7.06. The molecule has 1 heterocycles. The number of alkyl halides is 1. The summed E-state index contributed by atoms with van der Waals surface area (Å²) in [6.45, 7) is 4.34. The predicted octanol–water partition coefficient (Wildman–Crippen LogP) is 3.12. The van der Waals surface area contributed by atoms with Gasteiger partial charge in [0.1, 0.15) is 0 Å². The van der Waals surface area contributed by atoms with Crippen molar-refractivity contribution in [2.45, 2.75) is 51.6 Å². The van der Waals surface area contributed by atoms with Crippen molar-refractivity contribution in [3.05, 3.63) is 17.5 Å². The van der Waals surface area contributed by atoms with E-state index in [1.54, 1.807) is 0 Å². The van der Waals surface area contributed by atoms with Gasteiger partial charge in [-0.15, -0.1) is 0 Å². The van der Waals surface area contributed by atoms with Gasteiger partial charge in [0.25, 0.3) is 0 Å². The van der Waals surface area contributed by atoms with Crippen molar-refractivity contribution in [2.24, 2.45) is 7.05 Å². The summed E-state index contributed by atoms with van der Waals surface area (Å²) in [7, 11) is 2.06. The third kappa shape index (κ3) is 3.35. The number of hydrogen-bond donors (Lipinski definition) is 0. The molecule has 0 amide bonds. The zero-order valence-electron chi connectivity index (χ0n) is 11.5. The fourth-order valence-electron chi connectivity index (χ4n) is 2.87. The van der Waals surface area contributed by atoms with E-state index in [-0.39, 0.29) is 0 Å². The summed E-state index contributed by atoms with van der Waals surface area (Å²) in [5.41, 5.74) is 2.55. The fourth-order valence-corrected chi connectivity index (χ4v) is 3.32. The van der Waals surface area contributed by atoms with Crippen molar-refractivity contribution in [1.82, 2.24) is 14.7 Å². The summed E-state index contributed by atoms with van der Waals surface area (Å²) in [5.74, 6) is 0. The fraction of sp³-hybridized carbons (Fsp3) is 0.786. The standard InChI is InChI=1S/C14H24BrN3/c1-3-12-10-14(17(2)16-12)11-18(9-8-15)13-6-4-5-7-13/h10,13H,3-9,11H2,1-2H3. The van der Waals surface area contributed by atoms with Crippen LogP contribution in [0.3, 0.4) is 0 Å². The van der Waals surface area contributed by atoms with Gasteiger partial charge in [-0.2, -0.15) is 5.10 Å². The van der Waals surface area contributed by atoms with E-state index in [0.29, 0.717) is 0 Å². The molecule has 0 spiro atoms. The van der Waals surface area contributed by atoms with E-state index < -0.39 is 0 Å². The van der Waals surface area contributed by atoms with Crippen molar-refractivity contribution in [3.8, 4) is 0 Å². The smallest absolute Gasteiger partial charge is 0.0625 e. The largest absolute Gasteiger partial charge is 0.294 e. The average Bonchev–Trinajstić information content (AvgIpc) is 2.99. The summed E-state index contributed by atoms with van der Waals surface area (Å²) >= 11 is 3.58. The highest BCUT2D eigenvalue weighted by atomic mass is 79.9. The summed E-state index contributed by atoms with van der Waals surface area (Å²) in [6, 6.07) is 3.04. The molecule has 1 aromatic heterocycles. The Morgan fingerprint density at radius 1 is 1.44 bits per heavy atom. The second-order valence-electron chi connectivity index (χ2n) is 5.20. The molecule has 0 aromatic carbocycles. The lowest BCUT2D eigenvalue weighted by molar-refractivity contribution is 0.197. The van der Waals surface area contributed by atoms with Crippen LogP contribution in [-0.4, -0.2) is 32.6 Å². The Balaban J connectivity index is 2.04. The number of halogens is 1. The van der Waals surface area contributed by atoms with Crippen molar-refractivity contribution in [3.63, 3.8) is 0 Å². The minimum atomic E-state index is 0.780. The van der Waals surface area contributed by atoms with Crippen molar-refractivity contribution >= 4 is 15.9 Å². The second-order valence-corrected chi connectivity index (χ2v) is 5.99. The minimum Gasteiger partial charge on any atom is -0.294 e. The monoisotopic (exact) mass is 313 g/mol. The summed E-state index contributed by atoms with van der Waals surface area (Å²) < 4.78 is 2.05. The molecule has 18 heavy (non-hydrogen) atoms. The quantitative estimate of drug-likeness (QED) is 0.752. The van der Waals surface area contributed by atoms with Crippen molar-refractivity contribution in [1.29, 1.82) is 0 Å².